The highest BCUT2D eigenvalue weighted by Gasteiger charge is 2.28. The number of aromatic nitrogens is 3. The van der Waals surface area contributed by atoms with Crippen LogP contribution in [0.2, 0.25) is 0 Å². The van der Waals surface area contributed by atoms with Crippen molar-refractivity contribution in [2.24, 2.45) is 0 Å². The summed E-state index contributed by atoms with van der Waals surface area (Å²) in [5, 5.41) is 26.8. The second kappa shape index (κ2) is 6.51. The number of hydrogen-bond acceptors (Lipinski definition) is 6. The van der Waals surface area contributed by atoms with Crippen LogP contribution in [0.15, 0.2) is 30.3 Å². The van der Waals surface area contributed by atoms with Crippen LogP contribution < -0.4 is 5.32 Å². The normalized spacial score (nSPS) is 13.8. The fourth-order valence-electron chi connectivity index (χ4n) is 2.80. The van der Waals surface area contributed by atoms with Crippen molar-refractivity contribution >= 4 is 22.9 Å². The van der Waals surface area contributed by atoms with E-state index in [1.165, 1.54) is 12.1 Å². The summed E-state index contributed by atoms with van der Waals surface area (Å²) in [4.78, 5) is 26.7. The number of hydrogen-bond donors (Lipinski definition) is 2. The van der Waals surface area contributed by atoms with Crippen molar-refractivity contribution in [2.75, 3.05) is 5.32 Å². The molecule has 2 aromatic heterocycles. The first-order valence-electron chi connectivity index (χ1n) is 8.31. The molecular formula is C17H13F2N5O4. The fourth-order valence-corrected chi connectivity index (χ4v) is 2.80. The summed E-state index contributed by atoms with van der Waals surface area (Å²) >= 11 is 0. The number of carbonyl (C=O) groups excluding carboxylic acids is 1. The molecule has 4 rings (SSSR count). The number of nitrogens with one attached hydrogen (secondary N) is 1. The summed E-state index contributed by atoms with van der Waals surface area (Å²) in [7, 11) is 0. The number of nitro benzene ring substituents is 1. The molecule has 2 N–H and O–H groups in total. The number of alkyl halides is 2. The number of nitrogens with zero attached hydrogens (tertiary/aromatic N) is 4. The predicted octanol–water partition coefficient (Wildman–Crippen LogP) is 3.41. The number of aromatic hydroxyl groups is 1. The molecule has 9 nitrogen and oxygen atoms in total. The van der Waals surface area contributed by atoms with Crippen LogP contribution in [0.25, 0.3) is 5.65 Å². The number of phenolic OH excluding ortho intramolecular Hbond substituents is 1. The molecule has 28 heavy (non-hydrogen) atoms. The predicted molar refractivity (Wildman–Crippen MR) is 92.6 cm³/mol. The molecule has 1 aliphatic carbocycles. The number of halogens is 2. The van der Waals surface area contributed by atoms with E-state index in [0.717, 1.165) is 35.6 Å². The van der Waals surface area contributed by atoms with Crippen molar-refractivity contribution in [2.45, 2.75) is 25.2 Å². The maximum absolute atomic E-state index is 13.4. The van der Waals surface area contributed by atoms with Gasteiger partial charge in [-0.2, -0.15) is 5.10 Å². The molecule has 1 aliphatic rings. The largest absolute Gasteiger partial charge is 0.506 e. The number of non-ortho nitro benzene ring substituents is 1. The minimum atomic E-state index is -2.79. The highest BCUT2D eigenvalue weighted by molar-refractivity contribution is 6.04. The van der Waals surface area contributed by atoms with E-state index in [9.17, 15) is 28.8 Å². The van der Waals surface area contributed by atoms with Gasteiger partial charge in [-0.25, -0.2) is 18.3 Å². The monoisotopic (exact) mass is 389 g/mol. The molecule has 1 aromatic carbocycles. The van der Waals surface area contributed by atoms with Gasteiger partial charge in [0, 0.05) is 23.7 Å². The number of benzene rings is 1. The second-order valence-corrected chi connectivity index (χ2v) is 6.39. The van der Waals surface area contributed by atoms with Crippen LogP contribution in [0.1, 0.15) is 47.1 Å². The molecule has 1 amide bonds. The van der Waals surface area contributed by atoms with Crippen molar-refractivity contribution < 1.29 is 23.6 Å². The summed E-state index contributed by atoms with van der Waals surface area (Å²) in [6, 6.07) is 5.73. The van der Waals surface area contributed by atoms with E-state index in [0.29, 0.717) is 5.69 Å². The van der Waals surface area contributed by atoms with Crippen LogP contribution in [0.4, 0.5) is 20.2 Å². The number of amides is 1. The van der Waals surface area contributed by atoms with Crippen molar-refractivity contribution in [3.63, 3.8) is 0 Å². The maximum Gasteiger partial charge on any atom is 0.280 e. The Morgan fingerprint density at radius 1 is 1.32 bits per heavy atom. The lowest BCUT2D eigenvalue weighted by atomic mass is 10.2. The summed E-state index contributed by atoms with van der Waals surface area (Å²) in [6.45, 7) is 0. The Hall–Kier alpha value is -3.63. The van der Waals surface area contributed by atoms with E-state index in [4.69, 9.17) is 0 Å². The number of fused-ring (bicyclic) bond motifs is 1. The van der Waals surface area contributed by atoms with Crippen LogP contribution in [0, 0.1) is 10.1 Å². The molecule has 0 radical (unpaired) electrons. The first-order chi connectivity index (χ1) is 13.3. The molecule has 11 heteroatoms. The van der Waals surface area contributed by atoms with Crippen molar-refractivity contribution in [1.29, 1.82) is 0 Å². The molecule has 2 heterocycles. The molecule has 0 unspecified atom stereocenters. The van der Waals surface area contributed by atoms with Gasteiger partial charge >= 0.3 is 0 Å². The number of rotatable bonds is 5. The van der Waals surface area contributed by atoms with Crippen molar-refractivity contribution in [1.82, 2.24) is 14.6 Å². The van der Waals surface area contributed by atoms with Crippen LogP contribution in [-0.4, -0.2) is 30.5 Å². The standard InChI is InChI=1S/C17H13F2N5O4/c18-16(19)13-6-11(8-1-2-8)20-15-7-12(22-23(13)15)17(26)21-10-4-3-9(24(27)28)5-14(10)25/h3-8,16,25H,1-2H2,(H,21,26). The third-order valence-electron chi connectivity index (χ3n) is 4.37. The lowest BCUT2D eigenvalue weighted by Gasteiger charge is -2.06. The second-order valence-electron chi connectivity index (χ2n) is 6.39. The number of anilines is 1. The molecule has 0 saturated heterocycles. The van der Waals surface area contributed by atoms with E-state index in [-0.39, 0.29) is 34.3 Å². The van der Waals surface area contributed by atoms with Crippen molar-refractivity contribution in [3.8, 4) is 5.75 Å². The Morgan fingerprint density at radius 3 is 2.68 bits per heavy atom. The minimum absolute atomic E-state index is 0.0756. The summed E-state index contributed by atoms with van der Waals surface area (Å²) in [5.74, 6) is -1.14. The SMILES string of the molecule is O=C(Nc1ccc([N+](=O)[O-])cc1O)c1cc2nc(C3CC3)cc(C(F)F)n2n1. The third-order valence-corrected chi connectivity index (χ3v) is 4.37. The van der Waals surface area contributed by atoms with E-state index in [2.05, 4.69) is 15.4 Å². The first kappa shape index (κ1) is 17.8. The average molecular weight is 389 g/mol. The van der Waals surface area contributed by atoms with Gasteiger partial charge in [0.2, 0.25) is 0 Å². The van der Waals surface area contributed by atoms with E-state index in [1.807, 2.05) is 0 Å². The smallest absolute Gasteiger partial charge is 0.280 e. The number of phenols is 1. The van der Waals surface area contributed by atoms with Crippen LogP contribution in [-0.2, 0) is 0 Å². The van der Waals surface area contributed by atoms with Gasteiger partial charge in [-0.3, -0.25) is 14.9 Å². The van der Waals surface area contributed by atoms with Gasteiger partial charge in [-0.1, -0.05) is 0 Å². The number of carbonyl (C=O) groups is 1. The highest BCUT2D eigenvalue weighted by atomic mass is 19.3. The third kappa shape index (κ3) is 3.21. The molecule has 1 fully saturated rings. The quantitative estimate of drug-likeness (QED) is 0.392. The van der Waals surface area contributed by atoms with Crippen molar-refractivity contribution in [3.05, 3.63) is 57.5 Å². The van der Waals surface area contributed by atoms with Gasteiger partial charge in [0.25, 0.3) is 18.0 Å². The topological polar surface area (TPSA) is 123 Å². The van der Waals surface area contributed by atoms with Crippen LogP contribution in [0.3, 0.4) is 0 Å². The molecule has 3 aromatic rings. The number of nitro groups is 1. The minimum Gasteiger partial charge on any atom is -0.506 e. The fraction of sp³-hybridized carbons (Fsp3) is 0.235. The molecule has 0 bridgehead atoms. The lowest BCUT2D eigenvalue weighted by molar-refractivity contribution is -0.384. The molecule has 0 aliphatic heterocycles. The lowest BCUT2D eigenvalue weighted by Crippen LogP contribution is -2.13. The zero-order valence-electron chi connectivity index (χ0n) is 14.2. The Morgan fingerprint density at radius 2 is 2.07 bits per heavy atom. The highest BCUT2D eigenvalue weighted by Crippen LogP contribution is 2.40. The Bertz CT molecular complexity index is 1110. The van der Waals surface area contributed by atoms with Crippen LogP contribution in [0.5, 0.6) is 5.75 Å². The van der Waals surface area contributed by atoms with Gasteiger partial charge in [0.05, 0.1) is 16.7 Å². The molecule has 144 valence electrons. The van der Waals surface area contributed by atoms with Gasteiger partial charge in [-0.15, -0.1) is 0 Å². The molecule has 0 spiro atoms. The molecular weight excluding hydrogens is 376 g/mol. The first-order valence-corrected chi connectivity index (χ1v) is 8.31. The van der Waals surface area contributed by atoms with E-state index in [1.54, 1.807) is 0 Å². The maximum atomic E-state index is 13.4. The Kier molecular flexibility index (Phi) is 4.13. The molecule has 1 saturated carbocycles. The van der Waals surface area contributed by atoms with E-state index >= 15 is 0 Å². The van der Waals surface area contributed by atoms with Gasteiger partial charge < -0.3 is 10.4 Å². The van der Waals surface area contributed by atoms with E-state index < -0.39 is 23.0 Å². The Labute approximate surface area is 155 Å². The summed E-state index contributed by atoms with van der Waals surface area (Å²) in [6.07, 6.45) is -1.03. The molecule has 0 atom stereocenters. The van der Waals surface area contributed by atoms with Crippen LogP contribution >= 0.6 is 0 Å². The van der Waals surface area contributed by atoms with Gasteiger partial charge in [0.15, 0.2) is 11.3 Å². The van der Waals surface area contributed by atoms with Gasteiger partial charge in [-0.05, 0) is 25.0 Å². The van der Waals surface area contributed by atoms with Gasteiger partial charge in [0.1, 0.15) is 11.4 Å². The summed E-state index contributed by atoms with van der Waals surface area (Å²) < 4.78 is 27.7. The Balaban J connectivity index is 1.66. The zero-order valence-corrected chi connectivity index (χ0v) is 14.2. The average Bonchev–Trinajstić information content (AvgIpc) is 3.40. The zero-order chi connectivity index (χ0) is 20.0. The summed E-state index contributed by atoms with van der Waals surface area (Å²) in [5.41, 5.74) is -0.292.